The minimum atomic E-state index is 0.250. The molecular formula is C6H12O2. The minimum Gasteiger partial charge on any atom is -0.186 e. The summed E-state index contributed by atoms with van der Waals surface area (Å²) in [6, 6.07) is 0. The van der Waals surface area contributed by atoms with Gasteiger partial charge in [0.15, 0.2) is 0 Å². The highest BCUT2D eigenvalue weighted by atomic mass is 16.2. The van der Waals surface area contributed by atoms with Crippen molar-refractivity contribution in [2.24, 2.45) is 0 Å². The van der Waals surface area contributed by atoms with Crippen molar-refractivity contribution in [3.63, 3.8) is 0 Å². The first-order chi connectivity index (χ1) is 3.83. The van der Waals surface area contributed by atoms with Crippen molar-refractivity contribution in [1.82, 2.24) is 0 Å². The average Bonchev–Trinajstić information content (AvgIpc) is 1.71. The van der Waals surface area contributed by atoms with E-state index in [-0.39, 0.29) is 6.15 Å². The maximum absolute atomic E-state index is 8.12. The van der Waals surface area contributed by atoms with E-state index in [9.17, 15) is 0 Å². The summed E-state index contributed by atoms with van der Waals surface area (Å²) in [4.78, 5) is 16.2. The third-order valence-electron chi connectivity index (χ3n) is 0.707. The summed E-state index contributed by atoms with van der Waals surface area (Å²) in [6.07, 6.45) is 4.33. The maximum atomic E-state index is 8.12. The van der Waals surface area contributed by atoms with Gasteiger partial charge in [0.1, 0.15) is 0 Å². The van der Waals surface area contributed by atoms with Gasteiger partial charge in [-0.15, -0.1) is 0 Å². The van der Waals surface area contributed by atoms with E-state index in [4.69, 9.17) is 9.59 Å². The van der Waals surface area contributed by atoms with Crippen molar-refractivity contribution in [1.29, 1.82) is 0 Å². The van der Waals surface area contributed by atoms with Crippen molar-refractivity contribution >= 4 is 6.15 Å². The highest BCUT2D eigenvalue weighted by molar-refractivity contribution is 5.20. The number of carbonyl (C=O) groups excluding carboxylic acids is 2. The van der Waals surface area contributed by atoms with E-state index in [2.05, 4.69) is 13.8 Å². The van der Waals surface area contributed by atoms with E-state index in [1.54, 1.807) is 0 Å². The van der Waals surface area contributed by atoms with Crippen LogP contribution in [0.5, 0.6) is 0 Å². The van der Waals surface area contributed by atoms with Gasteiger partial charge in [0.05, 0.1) is 0 Å². The molecule has 0 aliphatic heterocycles. The quantitative estimate of drug-likeness (QED) is 0.549. The van der Waals surface area contributed by atoms with E-state index in [1.807, 2.05) is 0 Å². The predicted octanol–water partition coefficient (Wildman–Crippen LogP) is 1.61. The number of hydrogen-bond acceptors (Lipinski definition) is 2. The van der Waals surface area contributed by atoms with Crippen LogP contribution < -0.4 is 0 Å². The third kappa shape index (κ3) is 54.2. The van der Waals surface area contributed by atoms with Gasteiger partial charge in [0.2, 0.25) is 0 Å². The fraction of sp³-hybridized carbons (Fsp3) is 0.833. The zero-order chi connectivity index (χ0) is 6.83. The molecule has 0 bridgehead atoms. The number of hydrogen-bond donors (Lipinski definition) is 0. The van der Waals surface area contributed by atoms with Crippen LogP contribution in [0.2, 0.25) is 0 Å². The SMILES string of the molecule is CCCCC.O=C=O. The van der Waals surface area contributed by atoms with Crippen molar-refractivity contribution in [3.8, 4) is 0 Å². The highest BCUT2D eigenvalue weighted by Gasteiger charge is 1.68. The van der Waals surface area contributed by atoms with Gasteiger partial charge < -0.3 is 0 Å². The molecule has 0 aliphatic carbocycles. The van der Waals surface area contributed by atoms with Crippen LogP contribution in [0.1, 0.15) is 33.1 Å². The summed E-state index contributed by atoms with van der Waals surface area (Å²) in [5.74, 6) is 0. The van der Waals surface area contributed by atoms with E-state index in [1.165, 1.54) is 19.3 Å². The molecule has 2 nitrogen and oxygen atoms in total. The van der Waals surface area contributed by atoms with Crippen LogP contribution in [-0.2, 0) is 9.59 Å². The molecule has 0 saturated heterocycles. The molecule has 0 atom stereocenters. The van der Waals surface area contributed by atoms with Gasteiger partial charge in [-0.3, -0.25) is 0 Å². The van der Waals surface area contributed by atoms with Crippen LogP contribution in [0, 0.1) is 0 Å². The van der Waals surface area contributed by atoms with Crippen LogP contribution in [-0.4, -0.2) is 6.15 Å². The van der Waals surface area contributed by atoms with E-state index >= 15 is 0 Å². The zero-order valence-electron chi connectivity index (χ0n) is 5.44. The zero-order valence-corrected chi connectivity index (χ0v) is 5.44. The van der Waals surface area contributed by atoms with Gasteiger partial charge in [-0.2, -0.15) is 9.59 Å². The molecule has 0 unspecified atom stereocenters. The molecule has 0 aromatic heterocycles. The summed E-state index contributed by atoms with van der Waals surface area (Å²) in [5, 5.41) is 0. The van der Waals surface area contributed by atoms with Crippen molar-refractivity contribution in [3.05, 3.63) is 0 Å². The first-order valence-corrected chi connectivity index (χ1v) is 2.82. The van der Waals surface area contributed by atoms with Gasteiger partial charge in [-0.1, -0.05) is 33.1 Å². The van der Waals surface area contributed by atoms with Gasteiger partial charge in [-0.05, 0) is 0 Å². The van der Waals surface area contributed by atoms with Gasteiger partial charge in [0, 0.05) is 0 Å². The summed E-state index contributed by atoms with van der Waals surface area (Å²) in [5.41, 5.74) is 0. The van der Waals surface area contributed by atoms with Crippen LogP contribution in [0.25, 0.3) is 0 Å². The first-order valence-electron chi connectivity index (χ1n) is 2.82. The lowest BCUT2D eigenvalue weighted by Crippen LogP contribution is -1.59. The summed E-state index contributed by atoms with van der Waals surface area (Å²) in [7, 11) is 0. The van der Waals surface area contributed by atoms with Crippen LogP contribution in [0.15, 0.2) is 0 Å². The second kappa shape index (κ2) is 16.2. The lowest BCUT2D eigenvalue weighted by molar-refractivity contribution is -0.191. The molecule has 0 fully saturated rings. The molecule has 48 valence electrons. The molecule has 0 radical (unpaired) electrons. The Bertz CT molecular complexity index is 51.5. The summed E-state index contributed by atoms with van der Waals surface area (Å²) in [6.45, 7) is 4.42. The second-order valence-electron chi connectivity index (χ2n) is 1.44. The smallest absolute Gasteiger partial charge is 0.186 e. The molecular weight excluding hydrogens is 104 g/mol. The highest BCUT2D eigenvalue weighted by Crippen LogP contribution is 1.88. The number of rotatable bonds is 2. The standard InChI is InChI=1S/C5H12.CO2/c1-3-5-4-2;2-1-3/h3-5H2,1-2H3;. The van der Waals surface area contributed by atoms with Gasteiger partial charge in [-0.25, -0.2) is 0 Å². The monoisotopic (exact) mass is 116 g/mol. The molecule has 0 N–H and O–H groups in total. The fourth-order valence-corrected chi connectivity index (χ4v) is 0.354. The summed E-state index contributed by atoms with van der Waals surface area (Å²) < 4.78 is 0. The Morgan fingerprint density at radius 2 is 1.38 bits per heavy atom. The molecule has 0 rings (SSSR count). The first kappa shape index (κ1) is 10.4. The lowest BCUT2D eigenvalue weighted by Gasteiger charge is -1.79. The lowest BCUT2D eigenvalue weighted by atomic mass is 10.3. The molecule has 0 amide bonds. The minimum absolute atomic E-state index is 0.250. The van der Waals surface area contributed by atoms with E-state index < -0.39 is 0 Å². The van der Waals surface area contributed by atoms with Gasteiger partial charge in [0.25, 0.3) is 0 Å². The van der Waals surface area contributed by atoms with Crippen molar-refractivity contribution < 1.29 is 9.59 Å². The molecule has 0 spiro atoms. The van der Waals surface area contributed by atoms with Crippen molar-refractivity contribution in [2.75, 3.05) is 0 Å². The molecule has 0 heterocycles. The Morgan fingerprint density at radius 3 is 1.38 bits per heavy atom. The Kier molecular flexibility index (Phi) is 21.0. The Hall–Kier alpha value is -0.620. The molecule has 2 heteroatoms. The molecule has 0 aromatic rings. The van der Waals surface area contributed by atoms with Crippen molar-refractivity contribution in [2.45, 2.75) is 33.1 Å². The topological polar surface area (TPSA) is 34.1 Å². The Morgan fingerprint density at radius 1 is 1.12 bits per heavy atom. The average molecular weight is 116 g/mol. The second-order valence-corrected chi connectivity index (χ2v) is 1.44. The maximum Gasteiger partial charge on any atom is 0.373 e. The van der Waals surface area contributed by atoms with E-state index in [0.29, 0.717) is 0 Å². The molecule has 0 saturated carbocycles. The molecule has 0 aliphatic rings. The van der Waals surface area contributed by atoms with Crippen LogP contribution in [0.3, 0.4) is 0 Å². The molecule has 8 heavy (non-hydrogen) atoms. The van der Waals surface area contributed by atoms with E-state index in [0.717, 1.165) is 0 Å². The number of unbranched alkanes of at least 4 members (excludes halogenated alkanes) is 2. The summed E-state index contributed by atoms with van der Waals surface area (Å²) >= 11 is 0. The normalized spacial score (nSPS) is 6.25. The third-order valence-corrected chi connectivity index (χ3v) is 0.707. The predicted molar refractivity (Wildman–Crippen MR) is 30.2 cm³/mol. The van der Waals surface area contributed by atoms with Crippen LogP contribution in [0.4, 0.5) is 0 Å². The fourth-order valence-electron chi connectivity index (χ4n) is 0.354. The van der Waals surface area contributed by atoms with Crippen LogP contribution >= 0.6 is 0 Å². The Balaban J connectivity index is 0. The molecule has 0 aromatic carbocycles. The largest absolute Gasteiger partial charge is 0.373 e. The van der Waals surface area contributed by atoms with Gasteiger partial charge >= 0.3 is 6.15 Å². The Labute approximate surface area is 49.9 Å².